The van der Waals surface area contributed by atoms with Gasteiger partial charge in [0.2, 0.25) is 0 Å². The van der Waals surface area contributed by atoms with Gasteiger partial charge in [-0.2, -0.15) is 0 Å². The van der Waals surface area contributed by atoms with Crippen molar-refractivity contribution in [2.45, 2.75) is 11.8 Å². The number of anilines is 1. The molecule has 0 saturated carbocycles. The smallest absolute Gasteiger partial charge is 0.302 e. The lowest BCUT2D eigenvalue weighted by Crippen LogP contribution is -2.14. The summed E-state index contributed by atoms with van der Waals surface area (Å²) in [4.78, 5) is 21.9. The minimum atomic E-state index is -3.95. The molecule has 1 N–H and O–H groups in total. The second-order valence-electron chi connectivity index (χ2n) is 5.37. The number of thiazole rings is 1. The molecule has 0 fully saturated rings. The first-order valence-corrected chi connectivity index (χ1v) is 9.37. The van der Waals surface area contributed by atoms with Gasteiger partial charge in [0, 0.05) is 13.1 Å². The van der Waals surface area contributed by atoms with Crippen LogP contribution in [0.15, 0.2) is 46.1 Å². The van der Waals surface area contributed by atoms with Crippen molar-refractivity contribution in [1.82, 2.24) is 4.57 Å². The molecule has 0 radical (unpaired) electrons. The number of rotatable bonds is 4. The first kappa shape index (κ1) is 17.1. The van der Waals surface area contributed by atoms with Crippen LogP contribution in [0.5, 0.6) is 0 Å². The van der Waals surface area contributed by atoms with Crippen LogP contribution in [-0.4, -0.2) is 17.9 Å². The van der Waals surface area contributed by atoms with Crippen LogP contribution >= 0.6 is 11.3 Å². The number of hydrogen-bond acceptors (Lipinski definition) is 6. The van der Waals surface area contributed by atoms with Crippen molar-refractivity contribution in [2.24, 2.45) is 7.05 Å². The van der Waals surface area contributed by atoms with Crippen molar-refractivity contribution in [3.63, 3.8) is 0 Å². The van der Waals surface area contributed by atoms with E-state index in [2.05, 4.69) is 4.72 Å². The minimum absolute atomic E-state index is 0.0206. The normalized spacial score (nSPS) is 11.6. The van der Waals surface area contributed by atoms with Crippen molar-refractivity contribution in [3.05, 3.63) is 61.7 Å². The fraction of sp³-hybridized carbons (Fsp3) is 0.133. The lowest BCUT2D eigenvalue weighted by atomic mass is 10.2. The summed E-state index contributed by atoms with van der Waals surface area (Å²) in [6, 6.07) is 8.54. The van der Waals surface area contributed by atoms with Crippen molar-refractivity contribution < 1.29 is 13.3 Å². The number of nitrogens with zero attached hydrogens (tertiary/aromatic N) is 2. The van der Waals surface area contributed by atoms with Crippen LogP contribution in [0.1, 0.15) is 5.56 Å². The third-order valence-electron chi connectivity index (χ3n) is 3.82. The van der Waals surface area contributed by atoms with Crippen LogP contribution in [0, 0.1) is 17.0 Å². The third-order valence-corrected chi connectivity index (χ3v) is 6.18. The third kappa shape index (κ3) is 3.01. The molecule has 0 aliphatic heterocycles. The van der Waals surface area contributed by atoms with Gasteiger partial charge in [-0.05, 0) is 31.2 Å². The standard InChI is InChI=1S/C15H13N3O5S2/c1-9-11(4-3-5-12(9)18(20)21)16-25(22,23)10-6-7-13-14(8-10)24-15(19)17(13)2/h3-8,16H,1-2H3. The second-order valence-corrected chi connectivity index (χ2v) is 8.04. The maximum atomic E-state index is 12.6. The number of aryl methyl sites for hydroxylation is 1. The first-order valence-electron chi connectivity index (χ1n) is 7.07. The molecule has 1 heterocycles. The van der Waals surface area contributed by atoms with E-state index >= 15 is 0 Å². The number of aromatic nitrogens is 1. The summed E-state index contributed by atoms with van der Waals surface area (Å²) >= 11 is 0.951. The Morgan fingerprint density at radius 1 is 1.24 bits per heavy atom. The molecular formula is C15H13N3O5S2. The average molecular weight is 379 g/mol. The van der Waals surface area contributed by atoms with Gasteiger partial charge >= 0.3 is 4.87 Å². The Hall–Kier alpha value is -2.72. The highest BCUT2D eigenvalue weighted by Crippen LogP contribution is 2.28. The van der Waals surface area contributed by atoms with Crippen molar-refractivity contribution in [2.75, 3.05) is 4.72 Å². The summed E-state index contributed by atoms with van der Waals surface area (Å²) in [6.07, 6.45) is 0. The molecule has 3 aromatic rings. The van der Waals surface area contributed by atoms with E-state index in [9.17, 15) is 23.3 Å². The molecule has 0 amide bonds. The molecule has 1 aromatic heterocycles. The zero-order valence-corrected chi connectivity index (χ0v) is 14.8. The number of benzene rings is 2. The van der Waals surface area contributed by atoms with E-state index in [0.717, 1.165) is 11.3 Å². The Balaban J connectivity index is 2.04. The van der Waals surface area contributed by atoms with Crippen LogP contribution in [-0.2, 0) is 17.1 Å². The SMILES string of the molecule is Cc1c(NS(=O)(=O)c2ccc3c(c2)sc(=O)n3C)cccc1[N+](=O)[O-]. The van der Waals surface area contributed by atoms with Crippen LogP contribution in [0.4, 0.5) is 11.4 Å². The summed E-state index contributed by atoms with van der Waals surface area (Å²) in [5, 5.41) is 11.0. The number of fused-ring (bicyclic) bond motifs is 1. The lowest BCUT2D eigenvalue weighted by Gasteiger charge is -2.10. The van der Waals surface area contributed by atoms with Crippen LogP contribution < -0.4 is 9.60 Å². The molecule has 130 valence electrons. The quantitative estimate of drug-likeness (QED) is 0.553. The van der Waals surface area contributed by atoms with Crippen LogP contribution in [0.25, 0.3) is 10.2 Å². The van der Waals surface area contributed by atoms with Crippen molar-refractivity contribution in [3.8, 4) is 0 Å². The van der Waals surface area contributed by atoms with E-state index < -0.39 is 14.9 Å². The molecule has 0 aliphatic carbocycles. The number of nitro groups is 1. The highest BCUT2D eigenvalue weighted by atomic mass is 32.2. The highest BCUT2D eigenvalue weighted by Gasteiger charge is 2.20. The average Bonchev–Trinajstić information content (AvgIpc) is 2.83. The lowest BCUT2D eigenvalue weighted by molar-refractivity contribution is -0.385. The van der Waals surface area contributed by atoms with E-state index in [1.807, 2.05) is 0 Å². The molecule has 3 rings (SSSR count). The van der Waals surface area contributed by atoms with Crippen molar-refractivity contribution in [1.29, 1.82) is 0 Å². The van der Waals surface area contributed by atoms with Gasteiger partial charge in [-0.3, -0.25) is 19.6 Å². The molecule has 8 nitrogen and oxygen atoms in total. The number of nitro benzene ring substituents is 1. The molecule has 0 aliphatic rings. The van der Waals surface area contributed by atoms with Gasteiger partial charge in [0.1, 0.15) is 0 Å². The molecule has 0 saturated heterocycles. The van der Waals surface area contributed by atoms with E-state index in [1.54, 1.807) is 13.1 Å². The molecule has 0 unspecified atom stereocenters. The Morgan fingerprint density at radius 3 is 2.64 bits per heavy atom. The Bertz CT molecular complexity index is 1160. The molecule has 10 heteroatoms. The summed E-state index contributed by atoms with van der Waals surface area (Å²) in [7, 11) is -2.34. The zero-order valence-electron chi connectivity index (χ0n) is 13.2. The Morgan fingerprint density at radius 2 is 1.96 bits per heavy atom. The summed E-state index contributed by atoms with van der Waals surface area (Å²) in [5.74, 6) is 0. The highest BCUT2D eigenvalue weighted by molar-refractivity contribution is 7.92. The van der Waals surface area contributed by atoms with Crippen LogP contribution in [0.2, 0.25) is 0 Å². The van der Waals surface area contributed by atoms with Gasteiger partial charge in [0.05, 0.1) is 31.3 Å². The molecule has 0 bridgehead atoms. The van der Waals surface area contributed by atoms with E-state index in [0.29, 0.717) is 10.2 Å². The fourth-order valence-corrected chi connectivity index (χ4v) is 4.56. The minimum Gasteiger partial charge on any atom is -0.302 e. The maximum absolute atomic E-state index is 12.6. The number of hydrogen-bond donors (Lipinski definition) is 1. The van der Waals surface area contributed by atoms with Crippen LogP contribution in [0.3, 0.4) is 0 Å². The summed E-state index contributed by atoms with van der Waals surface area (Å²) in [6.45, 7) is 1.47. The van der Waals surface area contributed by atoms with Gasteiger partial charge < -0.3 is 4.57 Å². The summed E-state index contributed by atoms with van der Waals surface area (Å²) < 4.78 is 29.6. The van der Waals surface area contributed by atoms with Gasteiger partial charge in [-0.1, -0.05) is 17.4 Å². The first-order chi connectivity index (χ1) is 11.7. The fourth-order valence-electron chi connectivity index (χ4n) is 2.42. The number of nitrogens with one attached hydrogen (secondary N) is 1. The molecule has 2 aromatic carbocycles. The maximum Gasteiger partial charge on any atom is 0.307 e. The predicted octanol–water partition coefficient (Wildman–Crippen LogP) is 2.62. The van der Waals surface area contributed by atoms with Gasteiger partial charge in [-0.25, -0.2) is 8.42 Å². The van der Waals surface area contributed by atoms with Gasteiger partial charge in [0.15, 0.2) is 0 Å². The molecule has 25 heavy (non-hydrogen) atoms. The monoisotopic (exact) mass is 379 g/mol. The molecule has 0 spiro atoms. The molecular weight excluding hydrogens is 366 g/mol. The Kier molecular flexibility index (Phi) is 4.09. The largest absolute Gasteiger partial charge is 0.307 e. The van der Waals surface area contributed by atoms with E-state index in [4.69, 9.17) is 0 Å². The van der Waals surface area contributed by atoms with E-state index in [1.165, 1.54) is 41.8 Å². The second kappa shape index (κ2) is 5.97. The molecule has 0 atom stereocenters. The van der Waals surface area contributed by atoms with Gasteiger partial charge in [0.25, 0.3) is 15.7 Å². The predicted molar refractivity (Wildman–Crippen MR) is 95.7 cm³/mol. The van der Waals surface area contributed by atoms with Gasteiger partial charge in [-0.15, -0.1) is 0 Å². The summed E-state index contributed by atoms with van der Waals surface area (Å²) in [5.41, 5.74) is 0.828. The zero-order chi connectivity index (χ0) is 18.4. The Labute approximate surface area is 146 Å². The topological polar surface area (TPSA) is 111 Å². The van der Waals surface area contributed by atoms with Crippen molar-refractivity contribution >= 4 is 43.0 Å². The van der Waals surface area contributed by atoms with E-state index in [-0.39, 0.29) is 26.7 Å². The number of sulfonamides is 1.